The van der Waals surface area contributed by atoms with Crippen molar-refractivity contribution in [1.29, 1.82) is 10.8 Å². The predicted molar refractivity (Wildman–Crippen MR) is 80.4 cm³/mol. The maximum atomic E-state index is 9.40. The third kappa shape index (κ3) is 4.10. The minimum atomic E-state index is 0.234. The average Bonchev–Trinajstić information content (AvgIpc) is 2.38. The monoisotopic (exact) mass is 257 g/mol. The van der Waals surface area contributed by atoms with Gasteiger partial charge < -0.3 is 10.8 Å². The Morgan fingerprint density at radius 1 is 1.11 bits per heavy atom. The van der Waals surface area contributed by atoms with Crippen LogP contribution < -0.4 is 5.73 Å². The Kier molecular flexibility index (Phi) is 5.06. The second kappa shape index (κ2) is 6.54. The Morgan fingerprint density at radius 3 is 2.05 bits per heavy atom. The van der Waals surface area contributed by atoms with Gasteiger partial charge in [-0.2, -0.15) is 0 Å². The number of hydrogen-bond donors (Lipinski definition) is 4. The molecule has 5 N–H and O–H groups in total. The number of allylic oxidation sites excluding steroid dienone is 4. The zero-order chi connectivity index (χ0) is 14.4. The van der Waals surface area contributed by atoms with E-state index in [9.17, 15) is 5.11 Å². The van der Waals surface area contributed by atoms with Crippen LogP contribution in [0, 0.1) is 17.7 Å². The van der Waals surface area contributed by atoms with Crippen molar-refractivity contribution in [3.8, 4) is 5.75 Å². The number of nitrogen functional groups attached to an aromatic ring is 1. The summed E-state index contributed by atoms with van der Waals surface area (Å²) in [7, 11) is 0. The molecular formula is C15H19N3O. The zero-order valence-corrected chi connectivity index (χ0v) is 11.2. The van der Waals surface area contributed by atoms with E-state index in [-0.39, 0.29) is 17.2 Å². The van der Waals surface area contributed by atoms with E-state index in [1.165, 1.54) is 0 Å². The van der Waals surface area contributed by atoms with Gasteiger partial charge in [0.05, 0.1) is 17.1 Å². The summed E-state index contributed by atoms with van der Waals surface area (Å²) in [5.74, 6) is 0.234. The molecule has 4 nitrogen and oxygen atoms in total. The van der Waals surface area contributed by atoms with Gasteiger partial charge in [-0.05, 0) is 42.7 Å². The molecule has 0 atom stereocenters. The van der Waals surface area contributed by atoms with E-state index in [0.29, 0.717) is 5.69 Å². The van der Waals surface area contributed by atoms with Gasteiger partial charge in [0.25, 0.3) is 0 Å². The third-order valence-corrected chi connectivity index (χ3v) is 2.67. The van der Waals surface area contributed by atoms with E-state index in [0.717, 1.165) is 17.5 Å². The second-order valence-electron chi connectivity index (χ2n) is 4.26. The molecule has 1 aliphatic rings. The van der Waals surface area contributed by atoms with E-state index < -0.39 is 0 Å². The highest BCUT2D eigenvalue weighted by molar-refractivity contribution is 6.48. The van der Waals surface area contributed by atoms with Gasteiger partial charge in [-0.25, -0.2) is 0 Å². The van der Waals surface area contributed by atoms with E-state index in [2.05, 4.69) is 0 Å². The van der Waals surface area contributed by atoms with Crippen molar-refractivity contribution in [2.24, 2.45) is 0 Å². The number of benzene rings is 1. The van der Waals surface area contributed by atoms with Crippen LogP contribution in [0.25, 0.3) is 0 Å². The van der Waals surface area contributed by atoms with Crippen molar-refractivity contribution in [2.45, 2.75) is 20.3 Å². The molecule has 0 heterocycles. The first-order chi connectivity index (χ1) is 8.95. The maximum Gasteiger partial charge on any atom is 0.141 e. The molecule has 0 spiro atoms. The number of hydrogen-bond acceptors (Lipinski definition) is 4. The molecule has 1 aliphatic carbocycles. The third-order valence-electron chi connectivity index (χ3n) is 2.67. The van der Waals surface area contributed by atoms with Gasteiger partial charge in [-0.3, -0.25) is 10.8 Å². The van der Waals surface area contributed by atoms with Gasteiger partial charge in [0.1, 0.15) is 5.75 Å². The Bertz CT molecular complexity index is 535. The number of phenols is 1. The van der Waals surface area contributed by atoms with Crippen molar-refractivity contribution in [2.75, 3.05) is 5.73 Å². The highest BCUT2D eigenvalue weighted by atomic mass is 16.3. The van der Waals surface area contributed by atoms with Gasteiger partial charge in [0.15, 0.2) is 0 Å². The van der Waals surface area contributed by atoms with E-state index >= 15 is 0 Å². The summed E-state index contributed by atoms with van der Waals surface area (Å²) in [5.41, 5.74) is 8.60. The highest BCUT2D eigenvalue weighted by Crippen LogP contribution is 2.26. The first-order valence-corrected chi connectivity index (χ1v) is 6.05. The fourth-order valence-corrected chi connectivity index (χ4v) is 1.64. The van der Waals surface area contributed by atoms with Crippen molar-refractivity contribution >= 4 is 17.1 Å². The first-order valence-electron chi connectivity index (χ1n) is 6.05. The van der Waals surface area contributed by atoms with E-state index in [1.54, 1.807) is 30.4 Å². The molecule has 0 bridgehead atoms. The molecule has 0 saturated carbocycles. The number of rotatable bonds is 1. The van der Waals surface area contributed by atoms with Crippen molar-refractivity contribution in [3.05, 3.63) is 47.6 Å². The summed E-state index contributed by atoms with van der Waals surface area (Å²) in [5, 5.41) is 23.5. The van der Waals surface area contributed by atoms with Crippen LogP contribution >= 0.6 is 0 Å². The van der Waals surface area contributed by atoms with Crippen LogP contribution in [0.5, 0.6) is 5.75 Å². The molecule has 0 unspecified atom stereocenters. The number of aromatic hydroxyl groups is 1. The number of nitrogens with one attached hydrogen (secondary N) is 2. The van der Waals surface area contributed by atoms with Gasteiger partial charge in [-0.1, -0.05) is 25.1 Å². The topological polar surface area (TPSA) is 93.9 Å². The van der Waals surface area contributed by atoms with Crippen LogP contribution in [0.15, 0.2) is 36.4 Å². The lowest BCUT2D eigenvalue weighted by Gasteiger charge is -2.05. The van der Waals surface area contributed by atoms with Gasteiger partial charge in [-0.15, -0.1) is 0 Å². The Hall–Kier alpha value is -2.36. The highest BCUT2D eigenvalue weighted by Gasteiger charge is 2.02. The molecule has 0 aliphatic heterocycles. The van der Waals surface area contributed by atoms with Crippen LogP contribution in [-0.2, 0) is 6.42 Å². The SMILES string of the molecule is CCc1cc(C)cc(N)c1O.N=C1C=CC=CC1=N. The van der Waals surface area contributed by atoms with Crippen LogP contribution in [0.3, 0.4) is 0 Å². The molecule has 2 rings (SSSR count). The predicted octanol–water partition coefficient (Wildman–Crippen LogP) is 3.00. The lowest BCUT2D eigenvalue weighted by molar-refractivity contribution is 0.471. The minimum absolute atomic E-state index is 0.234. The van der Waals surface area contributed by atoms with Gasteiger partial charge >= 0.3 is 0 Å². The van der Waals surface area contributed by atoms with Crippen LogP contribution in [0.1, 0.15) is 18.1 Å². The molecule has 0 amide bonds. The molecule has 100 valence electrons. The average molecular weight is 257 g/mol. The molecule has 0 saturated heterocycles. The van der Waals surface area contributed by atoms with Crippen LogP contribution in [0.2, 0.25) is 0 Å². The lowest BCUT2D eigenvalue weighted by Crippen LogP contribution is -2.06. The summed E-state index contributed by atoms with van der Waals surface area (Å²) in [6.07, 6.45) is 7.52. The molecule has 0 fully saturated rings. The summed E-state index contributed by atoms with van der Waals surface area (Å²) >= 11 is 0. The lowest BCUT2D eigenvalue weighted by atomic mass is 10.1. The number of aryl methyl sites for hydroxylation is 2. The maximum absolute atomic E-state index is 9.40. The summed E-state index contributed by atoms with van der Waals surface area (Å²) < 4.78 is 0. The van der Waals surface area contributed by atoms with Crippen LogP contribution in [0.4, 0.5) is 5.69 Å². The van der Waals surface area contributed by atoms with Crippen molar-refractivity contribution < 1.29 is 5.11 Å². The smallest absolute Gasteiger partial charge is 0.141 e. The fourth-order valence-electron chi connectivity index (χ4n) is 1.64. The minimum Gasteiger partial charge on any atom is -0.506 e. The first kappa shape index (κ1) is 14.7. The number of nitrogens with two attached hydrogens (primary N) is 1. The van der Waals surface area contributed by atoms with Gasteiger partial charge in [0.2, 0.25) is 0 Å². The summed E-state index contributed by atoms with van der Waals surface area (Å²) in [4.78, 5) is 0. The zero-order valence-electron chi connectivity index (χ0n) is 11.2. The normalized spacial score (nSPS) is 13.2. The quantitative estimate of drug-likeness (QED) is 0.353. The molecule has 0 aromatic heterocycles. The molecule has 19 heavy (non-hydrogen) atoms. The Labute approximate surface area is 113 Å². The number of phenolic OH excluding ortho intramolecular Hbond substituents is 1. The molecule has 1 aromatic rings. The largest absolute Gasteiger partial charge is 0.506 e. The Balaban J connectivity index is 0.000000200. The number of anilines is 1. The summed E-state index contributed by atoms with van der Waals surface area (Å²) in [6, 6.07) is 3.72. The molecule has 0 radical (unpaired) electrons. The molecular weight excluding hydrogens is 238 g/mol. The molecule has 1 aromatic carbocycles. The molecule has 4 heteroatoms. The van der Waals surface area contributed by atoms with Crippen LogP contribution in [-0.4, -0.2) is 16.5 Å². The second-order valence-corrected chi connectivity index (χ2v) is 4.26. The van der Waals surface area contributed by atoms with E-state index in [1.807, 2.05) is 19.9 Å². The van der Waals surface area contributed by atoms with Gasteiger partial charge in [0, 0.05) is 0 Å². The van der Waals surface area contributed by atoms with E-state index in [4.69, 9.17) is 16.6 Å². The fraction of sp³-hybridized carbons (Fsp3) is 0.200. The Morgan fingerprint density at radius 2 is 1.63 bits per heavy atom. The summed E-state index contributed by atoms with van der Waals surface area (Å²) in [6.45, 7) is 3.96. The standard InChI is InChI=1S/C9H13NO.C6H6N2/c1-3-7-4-6(2)5-8(10)9(7)11;7-5-3-1-2-4-6(5)8/h4-5,11H,3,10H2,1-2H3;1-4,7-8H. The van der Waals surface area contributed by atoms with Crippen molar-refractivity contribution in [3.63, 3.8) is 0 Å². The van der Waals surface area contributed by atoms with Crippen molar-refractivity contribution in [1.82, 2.24) is 0 Å².